The molecular weight excluding hydrogens is 973 g/mol. The van der Waals surface area contributed by atoms with E-state index in [4.69, 9.17) is 23.0 Å². The van der Waals surface area contributed by atoms with Gasteiger partial charge in [-0.1, -0.05) is 224 Å². The van der Waals surface area contributed by atoms with Crippen molar-refractivity contribution in [3.05, 3.63) is 65.0 Å². The summed E-state index contributed by atoms with van der Waals surface area (Å²) in [5.74, 6) is 2.97. The first-order chi connectivity index (χ1) is 36.0. The highest BCUT2D eigenvalue weighted by molar-refractivity contribution is 7.23. The lowest BCUT2D eigenvalue weighted by Crippen LogP contribution is -2.02. The molecule has 0 amide bonds. The zero-order valence-electron chi connectivity index (χ0n) is 45.8. The molecule has 73 heavy (non-hydrogen) atoms. The fourth-order valence-electron chi connectivity index (χ4n) is 10.6. The highest BCUT2D eigenvalue weighted by atomic mass is 32.1. The van der Waals surface area contributed by atoms with E-state index in [-0.39, 0.29) is 0 Å². The Kier molecular flexibility index (Phi) is 25.2. The SMILES string of the molecule is CCCCCCCCCCCCOc1c(C)c(-c2cc3c(OCCCCCCCCCCCC)c4sc(C)cc4c(OCCCCCCCCCCCC)c3s2)c2nsnc2c1-c1ccc(-c2ccccc2)s1. The smallest absolute Gasteiger partial charge is 0.146 e. The lowest BCUT2D eigenvalue weighted by atomic mass is 9.97. The number of thiophene rings is 3. The van der Waals surface area contributed by atoms with Crippen molar-refractivity contribution in [2.24, 2.45) is 0 Å². The first kappa shape index (κ1) is 57.2. The monoisotopic (exact) mass is 1060 g/mol. The Morgan fingerprint density at radius 2 is 0.795 bits per heavy atom. The summed E-state index contributed by atoms with van der Waals surface area (Å²) in [5, 5.41) is 2.34. The van der Waals surface area contributed by atoms with Gasteiger partial charge in [0.15, 0.2) is 0 Å². The van der Waals surface area contributed by atoms with E-state index < -0.39 is 0 Å². The minimum absolute atomic E-state index is 0.680. The van der Waals surface area contributed by atoms with Crippen LogP contribution in [-0.4, -0.2) is 28.6 Å². The van der Waals surface area contributed by atoms with Gasteiger partial charge in [0.2, 0.25) is 0 Å². The second-order valence-corrected chi connectivity index (χ2v) is 24.8. The fraction of sp³-hybridized carbons (Fsp3) is 0.594. The molecular formula is C64H90N2O3S4. The van der Waals surface area contributed by atoms with E-state index in [1.165, 1.54) is 225 Å². The largest absolute Gasteiger partial charge is 0.493 e. The van der Waals surface area contributed by atoms with Gasteiger partial charge in [0.1, 0.15) is 28.3 Å². The predicted molar refractivity (Wildman–Crippen MR) is 324 cm³/mol. The van der Waals surface area contributed by atoms with Crippen molar-refractivity contribution in [1.29, 1.82) is 0 Å². The molecule has 0 atom stereocenters. The van der Waals surface area contributed by atoms with Gasteiger partial charge in [0.25, 0.3) is 0 Å². The zero-order chi connectivity index (χ0) is 50.9. The van der Waals surface area contributed by atoms with Crippen molar-refractivity contribution >= 4 is 76.9 Å². The van der Waals surface area contributed by atoms with Crippen molar-refractivity contribution in [3.8, 4) is 48.6 Å². The highest BCUT2D eigenvalue weighted by Gasteiger charge is 2.28. The molecule has 0 aliphatic carbocycles. The van der Waals surface area contributed by atoms with Gasteiger partial charge in [0, 0.05) is 41.4 Å². The summed E-state index contributed by atoms with van der Waals surface area (Å²) in [6, 6.07) is 20.0. The molecule has 4 aromatic heterocycles. The Bertz CT molecular complexity index is 2560. The Balaban J connectivity index is 1.18. The maximum atomic E-state index is 7.08. The number of nitrogens with zero attached hydrogens (tertiary/aromatic N) is 2. The number of aryl methyl sites for hydroxylation is 1. The van der Waals surface area contributed by atoms with E-state index in [1.807, 2.05) is 34.0 Å². The molecule has 0 radical (unpaired) electrons. The van der Waals surface area contributed by atoms with Crippen LogP contribution in [0.15, 0.2) is 54.6 Å². The normalized spacial score (nSPS) is 11.8. The average molecular weight is 1060 g/mol. The van der Waals surface area contributed by atoms with Crippen molar-refractivity contribution in [1.82, 2.24) is 8.75 Å². The number of benzene rings is 3. The van der Waals surface area contributed by atoms with E-state index in [0.29, 0.717) is 6.61 Å². The van der Waals surface area contributed by atoms with Crippen LogP contribution in [0.1, 0.15) is 224 Å². The summed E-state index contributed by atoms with van der Waals surface area (Å²) in [5.41, 5.74) is 6.42. The topological polar surface area (TPSA) is 53.5 Å². The van der Waals surface area contributed by atoms with Gasteiger partial charge in [-0.15, -0.1) is 34.0 Å². The number of fused-ring (bicyclic) bond motifs is 3. The van der Waals surface area contributed by atoms with Crippen molar-refractivity contribution in [2.75, 3.05) is 19.8 Å². The van der Waals surface area contributed by atoms with E-state index >= 15 is 0 Å². The molecule has 0 saturated heterocycles. The van der Waals surface area contributed by atoms with Crippen LogP contribution in [-0.2, 0) is 0 Å². The molecule has 3 aromatic carbocycles. The molecule has 0 bridgehead atoms. The molecule has 0 aliphatic heterocycles. The van der Waals surface area contributed by atoms with Crippen LogP contribution in [0, 0.1) is 13.8 Å². The van der Waals surface area contributed by atoms with Crippen LogP contribution in [0.5, 0.6) is 17.2 Å². The molecule has 0 fully saturated rings. The van der Waals surface area contributed by atoms with Gasteiger partial charge < -0.3 is 14.2 Å². The summed E-state index contributed by atoms with van der Waals surface area (Å²) < 4.78 is 33.7. The Hall–Kier alpha value is -3.50. The van der Waals surface area contributed by atoms with Crippen LogP contribution in [0.4, 0.5) is 0 Å². The molecule has 7 aromatic rings. The minimum Gasteiger partial charge on any atom is -0.493 e. The first-order valence-electron chi connectivity index (χ1n) is 29.4. The quantitative estimate of drug-likeness (QED) is 0.0360. The lowest BCUT2D eigenvalue weighted by Gasteiger charge is -2.17. The molecule has 4 heterocycles. The average Bonchev–Trinajstić information content (AvgIpc) is 4.25. The van der Waals surface area contributed by atoms with E-state index in [0.717, 1.165) is 82.8 Å². The maximum absolute atomic E-state index is 7.08. The number of rotatable bonds is 39. The third-order valence-corrected chi connectivity index (χ3v) is 18.7. The van der Waals surface area contributed by atoms with Gasteiger partial charge in [-0.05, 0) is 62.9 Å². The van der Waals surface area contributed by atoms with Crippen molar-refractivity contribution in [3.63, 3.8) is 0 Å². The molecule has 5 nitrogen and oxygen atoms in total. The Morgan fingerprint density at radius 3 is 1.29 bits per heavy atom. The Labute approximate surface area is 457 Å². The van der Waals surface area contributed by atoms with Gasteiger partial charge in [-0.25, -0.2) is 0 Å². The summed E-state index contributed by atoms with van der Waals surface area (Å²) in [7, 11) is 0. The lowest BCUT2D eigenvalue weighted by molar-refractivity contribution is 0.304. The standard InChI is InChI=1S/C64H90N2O3S4/c1-6-9-12-15-18-21-24-27-30-36-43-67-60-49(5)56(58-59(66-73-65-58)57(60)54-42-41-53(71-54)50-39-34-33-35-40-50)55-47-52-62(69-45-38-32-29-26-23-20-17-14-11-8-3)63-51(46-48(4)70-63)61(64(52)72-55)68-44-37-31-28-25-22-19-16-13-10-7-2/h33-35,39-42,46-47H,6-32,36-38,43-45H2,1-5H3. The number of ether oxygens (including phenoxy) is 3. The van der Waals surface area contributed by atoms with Gasteiger partial charge in [-0.3, -0.25) is 0 Å². The van der Waals surface area contributed by atoms with E-state index in [2.05, 4.69) is 89.2 Å². The summed E-state index contributed by atoms with van der Waals surface area (Å²) in [6.45, 7) is 13.5. The van der Waals surface area contributed by atoms with Crippen LogP contribution >= 0.6 is 45.7 Å². The van der Waals surface area contributed by atoms with Crippen LogP contribution in [0.25, 0.3) is 62.5 Å². The summed E-state index contributed by atoms with van der Waals surface area (Å²) in [6.07, 6.45) is 39.1. The number of unbranched alkanes of at least 4 members (excludes halogenated alkanes) is 27. The molecule has 0 N–H and O–H groups in total. The number of hydrogen-bond donors (Lipinski definition) is 0. The second-order valence-electron chi connectivity index (χ2n) is 20.9. The fourth-order valence-corrected chi connectivity index (χ4v) is 14.5. The molecule has 0 unspecified atom stereocenters. The van der Waals surface area contributed by atoms with Crippen LogP contribution in [0.2, 0.25) is 0 Å². The van der Waals surface area contributed by atoms with Gasteiger partial charge in [-0.2, -0.15) is 8.75 Å². The molecule has 398 valence electrons. The van der Waals surface area contributed by atoms with Crippen LogP contribution < -0.4 is 14.2 Å². The molecule has 0 spiro atoms. The third kappa shape index (κ3) is 16.7. The van der Waals surface area contributed by atoms with Gasteiger partial charge in [0.05, 0.1) is 46.5 Å². The van der Waals surface area contributed by atoms with Gasteiger partial charge >= 0.3 is 0 Å². The highest BCUT2D eigenvalue weighted by Crippen LogP contribution is 2.54. The predicted octanol–water partition coefficient (Wildman–Crippen LogP) is 22.7. The van der Waals surface area contributed by atoms with E-state index in [9.17, 15) is 0 Å². The minimum atomic E-state index is 0.680. The van der Waals surface area contributed by atoms with E-state index in [1.54, 1.807) is 0 Å². The molecule has 0 saturated carbocycles. The molecule has 9 heteroatoms. The second kappa shape index (κ2) is 32.2. The molecule has 0 aliphatic rings. The first-order valence-corrected chi connectivity index (χ1v) is 32.5. The number of hydrogen-bond acceptors (Lipinski definition) is 9. The van der Waals surface area contributed by atoms with Crippen LogP contribution in [0.3, 0.4) is 0 Å². The Morgan fingerprint density at radius 1 is 0.384 bits per heavy atom. The summed E-state index contributed by atoms with van der Waals surface area (Å²) >= 11 is 6.80. The van der Waals surface area contributed by atoms with Crippen molar-refractivity contribution in [2.45, 2.75) is 227 Å². The maximum Gasteiger partial charge on any atom is 0.146 e. The summed E-state index contributed by atoms with van der Waals surface area (Å²) in [4.78, 5) is 4.86. The zero-order valence-corrected chi connectivity index (χ0v) is 49.0. The van der Waals surface area contributed by atoms with Crippen molar-refractivity contribution < 1.29 is 14.2 Å². The third-order valence-electron chi connectivity index (χ3n) is 14.8. The number of aromatic nitrogens is 2. The molecule has 7 rings (SSSR count).